The molecule has 9 heteroatoms. The number of aliphatic imine (C=N–C) groups is 2. The van der Waals surface area contributed by atoms with Gasteiger partial charge in [0.05, 0.1) is 11.6 Å². The zero-order valence-corrected chi connectivity index (χ0v) is 26.6. The number of carbonyl (C=O) groups excluding carboxylic acids is 2. The molecule has 2 saturated carbocycles. The Labute approximate surface area is 260 Å². The van der Waals surface area contributed by atoms with Gasteiger partial charge in [-0.1, -0.05) is 38.8 Å². The first-order valence-electron chi connectivity index (χ1n) is 14.4. The Morgan fingerprint density at radius 1 is 0.905 bits per heavy atom. The number of rotatable bonds is 8. The molecule has 4 rings (SSSR count). The van der Waals surface area contributed by atoms with Gasteiger partial charge in [-0.3, -0.25) is 9.98 Å². The first-order valence-corrected chi connectivity index (χ1v) is 14.4. The summed E-state index contributed by atoms with van der Waals surface area (Å²) >= 11 is 0. The summed E-state index contributed by atoms with van der Waals surface area (Å²) in [6, 6.07) is 8.40. The number of fused-ring (bicyclic) bond motifs is 2. The molecule has 0 heterocycles. The molecule has 2 aromatic rings. The number of nitrogens with zero attached hydrogens (tertiary/aromatic N) is 2. The summed E-state index contributed by atoms with van der Waals surface area (Å²) in [5.74, 6) is -0.851. The third-order valence-electron chi connectivity index (χ3n) is 7.52. The molecule has 0 spiro atoms. The van der Waals surface area contributed by atoms with Crippen LogP contribution in [-0.4, -0.2) is 46.2 Å². The first-order chi connectivity index (χ1) is 19.3. The third kappa shape index (κ3) is 10.6. The Balaban J connectivity index is 0.000000873. The molecule has 0 aliphatic heterocycles. The van der Waals surface area contributed by atoms with E-state index in [2.05, 4.69) is 38.1 Å². The van der Waals surface area contributed by atoms with Crippen LogP contribution in [0.4, 0.5) is 0 Å². The smallest absolute Gasteiger partial charge is 0.550 e. The Hall–Kier alpha value is -3.17. The number of aromatic hydroxyl groups is 2. The number of carbonyl (C=O) groups is 2. The van der Waals surface area contributed by atoms with Crippen molar-refractivity contribution in [3.05, 3.63) is 57.6 Å². The van der Waals surface area contributed by atoms with E-state index in [1.165, 1.54) is 17.5 Å². The van der Waals surface area contributed by atoms with E-state index in [1.54, 1.807) is 0 Å². The van der Waals surface area contributed by atoms with Crippen molar-refractivity contribution in [3.8, 4) is 11.5 Å². The summed E-state index contributed by atoms with van der Waals surface area (Å²) in [5, 5.41) is 39.0. The molecule has 3 unspecified atom stereocenters. The van der Waals surface area contributed by atoms with Gasteiger partial charge in [-0.2, -0.15) is 0 Å². The molecule has 2 bridgehead atoms. The Kier molecular flexibility index (Phi) is 15.0. The zero-order valence-electron chi connectivity index (χ0n) is 25.5. The molecule has 0 amide bonds. The topological polar surface area (TPSA) is 145 Å². The Bertz CT molecular complexity index is 1260. The first kappa shape index (κ1) is 36.9. The van der Waals surface area contributed by atoms with E-state index in [0.717, 1.165) is 81.0 Å². The van der Waals surface area contributed by atoms with Crippen LogP contribution in [0.3, 0.4) is 0 Å². The van der Waals surface area contributed by atoms with Crippen LogP contribution < -0.4 is 10.2 Å². The Morgan fingerprint density at radius 2 is 1.36 bits per heavy atom. The van der Waals surface area contributed by atoms with Crippen molar-refractivity contribution >= 4 is 24.4 Å². The average molecular weight is 624 g/mol. The van der Waals surface area contributed by atoms with E-state index in [-0.39, 0.29) is 28.4 Å². The van der Waals surface area contributed by atoms with Crippen LogP contribution in [0.5, 0.6) is 11.5 Å². The summed E-state index contributed by atoms with van der Waals surface area (Å²) in [6.07, 6.45) is 12.2. The molecule has 42 heavy (non-hydrogen) atoms. The standard InChI is InChI=1S/C29H38N2O2.2C2H4O2.Co/c1-5-7-21-11-19(3)27(32)24(13-21)17-30-26-15-23-9-10-29(26,16-23)31-18-25-14-22(8-6-2)12-20(4)28(25)33;2*1-2(3)4;/h11-14,17-18,23,26,32-33H,5-10,15-16H2,1-4H3;2*1H3,(H,3,4);/q;;;+2/p-2. The molecule has 2 aliphatic rings. The van der Waals surface area contributed by atoms with Crippen molar-refractivity contribution in [3.63, 3.8) is 0 Å². The summed E-state index contributed by atoms with van der Waals surface area (Å²) in [7, 11) is 0. The molecule has 0 aromatic heterocycles. The van der Waals surface area contributed by atoms with Crippen molar-refractivity contribution in [2.45, 2.75) is 104 Å². The molecule has 1 radical (unpaired) electrons. The van der Waals surface area contributed by atoms with Crippen LogP contribution in [-0.2, 0) is 39.2 Å². The fourth-order valence-electron chi connectivity index (χ4n) is 5.80. The predicted molar refractivity (Wildman–Crippen MR) is 159 cm³/mol. The van der Waals surface area contributed by atoms with Crippen molar-refractivity contribution in [2.24, 2.45) is 15.9 Å². The number of hydrogen-bond acceptors (Lipinski definition) is 8. The van der Waals surface area contributed by atoms with E-state index in [9.17, 15) is 10.2 Å². The zero-order chi connectivity index (χ0) is 30.7. The summed E-state index contributed by atoms with van der Waals surface area (Å²) in [4.78, 5) is 27.9. The van der Waals surface area contributed by atoms with E-state index in [4.69, 9.17) is 29.8 Å². The van der Waals surface area contributed by atoms with Gasteiger partial charge < -0.3 is 30.0 Å². The van der Waals surface area contributed by atoms with Crippen LogP contribution in [0.2, 0.25) is 0 Å². The monoisotopic (exact) mass is 623 g/mol. The third-order valence-corrected chi connectivity index (χ3v) is 7.52. The van der Waals surface area contributed by atoms with E-state index >= 15 is 0 Å². The van der Waals surface area contributed by atoms with E-state index in [1.807, 2.05) is 26.3 Å². The van der Waals surface area contributed by atoms with Crippen LogP contribution in [0.1, 0.15) is 99.6 Å². The van der Waals surface area contributed by atoms with Gasteiger partial charge in [0.15, 0.2) is 0 Å². The van der Waals surface area contributed by atoms with Gasteiger partial charge in [0.1, 0.15) is 11.5 Å². The van der Waals surface area contributed by atoms with E-state index < -0.39 is 11.9 Å². The molecular weight excluding hydrogens is 579 g/mol. The second-order valence-corrected chi connectivity index (χ2v) is 11.2. The number of carboxylic acids is 2. The predicted octanol–water partition coefficient (Wildman–Crippen LogP) is 3.98. The maximum atomic E-state index is 10.6. The van der Waals surface area contributed by atoms with Crippen LogP contribution in [0.25, 0.3) is 0 Å². The number of carboxylic acid groups (broad SMARTS) is 2. The second kappa shape index (κ2) is 17.1. The van der Waals surface area contributed by atoms with Gasteiger partial charge in [0, 0.05) is 35.5 Å². The number of benzene rings is 2. The fourth-order valence-corrected chi connectivity index (χ4v) is 5.80. The fraction of sp³-hybridized carbons (Fsp3) is 0.515. The van der Waals surface area contributed by atoms with Gasteiger partial charge in [-0.15, -0.1) is 0 Å². The summed E-state index contributed by atoms with van der Waals surface area (Å²) in [5.41, 5.74) is 5.72. The number of phenolic OH excluding ortho intramolecular Hbond substituents is 2. The minimum Gasteiger partial charge on any atom is -0.550 e. The largest absolute Gasteiger partial charge is 2.00 e. The second-order valence-electron chi connectivity index (χ2n) is 11.2. The number of aliphatic carboxylic acids is 2. The Morgan fingerprint density at radius 3 is 1.79 bits per heavy atom. The molecule has 2 aliphatic carbocycles. The van der Waals surface area contributed by atoms with Crippen molar-refractivity contribution in [2.75, 3.05) is 0 Å². The van der Waals surface area contributed by atoms with Crippen LogP contribution >= 0.6 is 0 Å². The van der Waals surface area contributed by atoms with Gasteiger partial charge in [0.2, 0.25) is 0 Å². The molecule has 2 aromatic carbocycles. The molecule has 2 fully saturated rings. The molecule has 2 N–H and O–H groups in total. The number of aryl methyl sites for hydroxylation is 4. The van der Waals surface area contributed by atoms with Crippen LogP contribution in [0.15, 0.2) is 34.3 Å². The average Bonchev–Trinajstić information content (AvgIpc) is 3.45. The van der Waals surface area contributed by atoms with Gasteiger partial charge in [-0.25, -0.2) is 0 Å². The maximum absolute atomic E-state index is 10.6. The quantitative estimate of drug-likeness (QED) is 0.426. The van der Waals surface area contributed by atoms with Crippen LogP contribution in [0, 0.1) is 19.8 Å². The maximum Gasteiger partial charge on any atom is 2.00 e. The summed E-state index contributed by atoms with van der Waals surface area (Å²) < 4.78 is 0. The van der Waals surface area contributed by atoms with Gasteiger partial charge in [-0.05, 0) is 107 Å². The van der Waals surface area contributed by atoms with Gasteiger partial charge >= 0.3 is 16.8 Å². The van der Waals surface area contributed by atoms with Gasteiger partial charge in [0.25, 0.3) is 0 Å². The van der Waals surface area contributed by atoms with Crippen molar-refractivity contribution < 1.29 is 46.8 Å². The molecular formula is C33H44CoN2O6. The molecule has 8 nitrogen and oxygen atoms in total. The van der Waals surface area contributed by atoms with Crippen molar-refractivity contribution in [1.29, 1.82) is 0 Å². The number of hydrogen-bond donors (Lipinski definition) is 2. The summed E-state index contributed by atoms with van der Waals surface area (Å²) in [6.45, 7) is 10.2. The van der Waals surface area contributed by atoms with E-state index in [0.29, 0.717) is 17.4 Å². The minimum absolute atomic E-state index is 0. The molecule has 3 atom stereocenters. The molecule has 0 saturated heterocycles. The molecule has 231 valence electrons. The minimum atomic E-state index is -1.08. The van der Waals surface area contributed by atoms with Crippen molar-refractivity contribution in [1.82, 2.24) is 0 Å². The number of phenols is 2. The normalized spacial score (nSPS) is 20.4. The SMILES string of the molecule is CC(=O)[O-].CC(=O)[O-].CCCc1cc(C)c(O)c(C=NC2CC3CCC2(N=Cc2cc(CCC)cc(C)c2O)C3)c1.[Co+2].